The molecule has 4 nitrogen and oxygen atoms in total. The Labute approximate surface area is 199 Å². The van der Waals surface area contributed by atoms with E-state index in [-0.39, 0.29) is 23.4 Å². The van der Waals surface area contributed by atoms with Crippen LogP contribution in [0.5, 0.6) is 5.75 Å². The van der Waals surface area contributed by atoms with Crippen molar-refractivity contribution in [1.29, 1.82) is 0 Å². The van der Waals surface area contributed by atoms with E-state index in [0.29, 0.717) is 17.6 Å². The monoisotopic (exact) mass is 447 g/mol. The second kappa shape index (κ2) is 7.84. The molecule has 2 aliphatic carbocycles. The number of hydrogen-bond donors (Lipinski definition) is 1. The van der Waals surface area contributed by atoms with Crippen molar-refractivity contribution < 1.29 is 14.3 Å². The van der Waals surface area contributed by atoms with Crippen molar-refractivity contribution in [3.63, 3.8) is 0 Å². The van der Waals surface area contributed by atoms with E-state index >= 15 is 0 Å². The number of fused-ring (bicyclic) bond motifs is 2. The first-order chi connectivity index (χ1) is 16.5. The summed E-state index contributed by atoms with van der Waals surface area (Å²) in [6.07, 6.45) is 1.15. The highest BCUT2D eigenvalue weighted by molar-refractivity contribution is 6.23. The maximum atomic E-state index is 13.7. The number of aryl methyl sites for hydroxylation is 1. The fourth-order valence-electron chi connectivity index (χ4n) is 5.60. The Kier molecular flexibility index (Phi) is 4.77. The Morgan fingerprint density at radius 2 is 1.47 bits per heavy atom. The number of benzene rings is 3. The third-order valence-corrected chi connectivity index (χ3v) is 7.31. The van der Waals surface area contributed by atoms with Crippen LogP contribution in [0.3, 0.4) is 0 Å². The number of methoxy groups -OCH3 is 1. The molecule has 1 aliphatic heterocycles. The van der Waals surface area contributed by atoms with Crippen molar-refractivity contribution in [2.24, 2.45) is 0 Å². The molecule has 2 atom stereocenters. The lowest BCUT2D eigenvalue weighted by atomic mass is 9.71. The zero-order valence-electron chi connectivity index (χ0n) is 19.2. The highest BCUT2D eigenvalue weighted by Crippen LogP contribution is 2.50. The van der Waals surface area contributed by atoms with Crippen molar-refractivity contribution in [2.45, 2.75) is 31.6 Å². The quantitative estimate of drug-likeness (QED) is 0.560. The maximum absolute atomic E-state index is 13.7. The summed E-state index contributed by atoms with van der Waals surface area (Å²) in [5, 5.41) is 3.56. The van der Waals surface area contributed by atoms with Gasteiger partial charge in [-0.1, -0.05) is 66.2 Å². The largest absolute Gasteiger partial charge is 0.497 e. The summed E-state index contributed by atoms with van der Waals surface area (Å²) in [7, 11) is 1.65. The second-order valence-corrected chi connectivity index (χ2v) is 9.33. The smallest absolute Gasteiger partial charge is 0.192 e. The zero-order valence-corrected chi connectivity index (χ0v) is 19.2. The number of nitrogens with one attached hydrogen (secondary N) is 1. The van der Waals surface area contributed by atoms with Crippen LogP contribution in [0.4, 0.5) is 0 Å². The first-order valence-electron chi connectivity index (χ1n) is 11.7. The molecule has 0 radical (unpaired) electrons. The van der Waals surface area contributed by atoms with Gasteiger partial charge in [0.25, 0.3) is 0 Å². The molecule has 168 valence electrons. The standard InChI is InChI=1S/C30H25NO3/c1-17-7-9-19(10-8-17)26-27-24(31-29-22-5-3-4-6-23(22)30(33)28(26)29)15-20(16-25(27)32)18-11-13-21(34-2)14-12-18/h3-14,20,26,31H,15-16H2,1-2H3/t20-,26-/m0/s1. The third-order valence-electron chi connectivity index (χ3n) is 7.31. The Morgan fingerprint density at radius 3 is 2.18 bits per heavy atom. The van der Waals surface area contributed by atoms with Gasteiger partial charge in [0, 0.05) is 40.3 Å². The number of Topliss-reactive ketones (excluding diaryl/α,β-unsaturated/α-hetero) is 2. The molecule has 6 rings (SSSR count). The maximum Gasteiger partial charge on any atom is 0.192 e. The fourth-order valence-corrected chi connectivity index (χ4v) is 5.60. The van der Waals surface area contributed by atoms with Gasteiger partial charge in [0.15, 0.2) is 11.6 Å². The van der Waals surface area contributed by atoms with Crippen molar-refractivity contribution in [2.75, 3.05) is 7.11 Å². The molecule has 34 heavy (non-hydrogen) atoms. The molecular formula is C30H25NO3. The van der Waals surface area contributed by atoms with E-state index in [1.54, 1.807) is 7.11 Å². The van der Waals surface area contributed by atoms with Gasteiger partial charge >= 0.3 is 0 Å². The summed E-state index contributed by atoms with van der Waals surface area (Å²) in [4.78, 5) is 27.3. The van der Waals surface area contributed by atoms with E-state index in [1.165, 1.54) is 0 Å². The van der Waals surface area contributed by atoms with E-state index in [1.807, 2.05) is 55.5 Å². The molecule has 0 bridgehead atoms. The summed E-state index contributed by atoms with van der Waals surface area (Å²) in [6, 6.07) is 23.9. The first kappa shape index (κ1) is 20.7. The minimum absolute atomic E-state index is 0.0142. The van der Waals surface area contributed by atoms with Gasteiger partial charge in [-0.05, 0) is 42.5 Å². The number of ether oxygens (including phenoxy) is 1. The van der Waals surface area contributed by atoms with Crippen LogP contribution >= 0.6 is 0 Å². The lowest BCUT2D eigenvalue weighted by Crippen LogP contribution is -2.33. The van der Waals surface area contributed by atoms with E-state index in [9.17, 15) is 9.59 Å². The predicted molar refractivity (Wildman–Crippen MR) is 132 cm³/mol. The minimum Gasteiger partial charge on any atom is -0.497 e. The summed E-state index contributed by atoms with van der Waals surface area (Å²) >= 11 is 0. The molecule has 0 saturated carbocycles. The Bertz CT molecular complexity index is 1390. The third kappa shape index (κ3) is 3.13. The van der Waals surface area contributed by atoms with Crippen LogP contribution < -0.4 is 10.1 Å². The van der Waals surface area contributed by atoms with Crippen LogP contribution in [-0.2, 0) is 4.79 Å². The lowest BCUT2D eigenvalue weighted by Gasteiger charge is -2.36. The average Bonchev–Trinajstić information content (AvgIpc) is 3.15. The molecule has 0 spiro atoms. The van der Waals surface area contributed by atoms with Crippen LogP contribution in [0, 0.1) is 6.92 Å². The highest BCUT2D eigenvalue weighted by Gasteiger charge is 2.45. The number of ketones is 2. The molecule has 3 aromatic carbocycles. The molecule has 4 heteroatoms. The molecule has 0 aromatic heterocycles. The number of carbonyl (C=O) groups excluding carboxylic acids is 2. The van der Waals surface area contributed by atoms with Gasteiger partial charge in [-0.2, -0.15) is 0 Å². The molecule has 0 amide bonds. The molecule has 0 fully saturated rings. The number of rotatable bonds is 3. The Morgan fingerprint density at radius 1 is 0.794 bits per heavy atom. The van der Waals surface area contributed by atoms with Crippen molar-refractivity contribution in [3.05, 3.63) is 117 Å². The fraction of sp³-hybridized carbons (Fsp3) is 0.200. The van der Waals surface area contributed by atoms with Crippen LogP contribution in [0.1, 0.15) is 57.3 Å². The van der Waals surface area contributed by atoms with Crippen LogP contribution in [0.2, 0.25) is 0 Å². The van der Waals surface area contributed by atoms with E-state index in [2.05, 4.69) is 29.6 Å². The average molecular weight is 448 g/mol. The van der Waals surface area contributed by atoms with Crippen LogP contribution in [0.15, 0.2) is 89.6 Å². The molecule has 0 unspecified atom stereocenters. The van der Waals surface area contributed by atoms with Crippen molar-refractivity contribution >= 4 is 17.3 Å². The highest BCUT2D eigenvalue weighted by atomic mass is 16.5. The summed E-state index contributed by atoms with van der Waals surface area (Å²) in [5.41, 5.74) is 8.12. The van der Waals surface area contributed by atoms with Crippen molar-refractivity contribution in [1.82, 2.24) is 5.32 Å². The number of allylic oxidation sites excluding steroid dienone is 3. The SMILES string of the molecule is COc1ccc([C@@H]2CC(=O)C3=C(C2)NC2=C(C(=O)c4ccccc42)[C@H]3c2ccc(C)cc2)cc1. The van der Waals surface area contributed by atoms with Gasteiger partial charge in [0.1, 0.15) is 5.75 Å². The topological polar surface area (TPSA) is 55.4 Å². The zero-order chi connectivity index (χ0) is 23.4. The number of carbonyl (C=O) groups is 2. The van der Waals surface area contributed by atoms with Crippen molar-refractivity contribution in [3.8, 4) is 5.75 Å². The Hall–Kier alpha value is -3.92. The molecule has 0 saturated heterocycles. The van der Waals surface area contributed by atoms with E-state index in [4.69, 9.17) is 4.74 Å². The van der Waals surface area contributed by atoms with E-state index < -0.39 is 0 Å². The molecule has 1 heterocycles. The van der Waals surface area contributed by atoms with Gasteiger partial charge < -0.3 is 10.1 Å². The summed E-state index contributed by atoms with van der Waals surface area (Å²) in [5.74, 6) is 0.654. The summed E-state index contributed by atoms with van der Waals surface area (Å²) in [6.45, 7) is 2.05. The first-order valence-corrected chi connectivity index (χ1v) is 11.7. The van der Waals surface area contributed by atoms with Gasteiger partial charge in [0.2, 0.25) is 0 Å². The van der Waals surface area contributed by atoms with Gasteiger partial charge in [0.05, 0.1) is 12.8 Å². The predicted octanol–water partition coefficient (Wildman–Crippen LogP) is 5.70. The second-order valence-electron chi connectivity index (χ2n) is 9.33. The molecular weight excluding hydrogens is 422 g/mol. The van der Waals surface area contributed by atoms with Gasteiger partial charge in [-0.25, -0.2) is 0 Å². The van der Waals surface area contributed by atoms with Crippen LogP contribution in [0.25, 0.3) is 5.70 Å². The molecule has 3 aliphatic rings. The lowest BCUT2D eigenvalue weighted by molar-refractivity contribution is -0.116. The van der Waals surface area contributed by atoms with E-state index in [0.717, 1.165) is 51.4 Å². The molecule has 1 N–H and O–H groups in total. The number of hydrogen-bond acceptors (Lipinski definition) is 4. The Balaban J connectivity index is 1.47. The van der Waals surface area contributed by atoms with Crippen LogP contribution in [-0.4, -0.2) is 18.7 Å². The molecule has 3 aromatic rings. The summed E-state index contributed by atoms with van der Waals surface area (Å²) < 4.78 is 5.30. The number of dihydropyridines is 1. The normalized spacial score (nSPS) is 21.1. The minimum atomic E-state index is -0.351. The van der Waals surface area contributed by atoms with Gasteiger partial charge in [-0.3, -0.25) is 9.59 Å². The van der Waals surface area contributed by atoms with Gasteiger partial charge in [-0.15, -0.1) is 0 Å².